The van der Waals surface area contributed by atoms with E-state index in [-0.39, 0.29) is 18.1 Å². The van der Waals surface area contributed by atoms with E-state index in [2.05, 4.69) is 10.3 Å². The minimum absolute atomic E-state index is 0.0573. The fourth-order valence-corrected chi connectivity index (χ4v) is 2.86. The Bertz CT molecular complexity index is 964. The molecular formula is C22H20N2O2. The van der Waals surface area contributed by atoms with Crippen LogP contribution in [-0.4, -0.2) is 16.7 Å². The van der Waals surface area contributed by atoms with Gasteiger partial charge in [-0.1, -0.05) is 48.0 Å². The van der Waals surface area contributed by atoms with Gasteiger partial charge in [0, 0.05) is 23.7 Å². The van der Waals surface area contributed by atoms with Gasteiger partial charge in [-0.25, -0.2) is 0 Å². The Kier molecular flexibility index (Phi) is 5.23. The molecular weight excluding hydrogens is 324 g/mol. The third-order valence-corrected chi connectivity index (χ3v) is 4.21. The van der Waals surface area contributed by atoms with Crippen molar-refractivity contribution < 1.29 is 9.59 Å². The number of nitrogens with one attached hydrogen (secondary N) is 1. The predicted octanol–water partition coefficient (Wildman–Crippen LogP) is 4.38. The van der Waals surface area contributed by atoms with Gasteiger partial charge in [0.2, 0.25) is 0 Å². The number of benzene rings is 2. The SMILES string of the molecule is Cc1cccc(CC(=O)c2ccncc2NC(=O)c2ccccc2C)c1. The van der Waals surface area contributed by atoms with E-state index < -0.39 is 0 Å². The van der Waals surface area contributed by atoms with Crippen molar-refractivity contribution in [2.45, 2.75) is 20.3 Å². The molecule has 1 N–H and O–H groups in total. The second-order valence-corrected chi connectivity index (χ2v) is 6.28. The monoisotopic (exact) mass is 344 g/mol. The second-order valence-electron chi connectivity index (χ2n) is 6.28. The van der Waals surface area contributed by atoms with Gasteiger partial charge >= 0.3 is 0 Å². The topological polar surface area (TPSA) is 59.1 Å². The number of Topliss-reactive ketones (excluding diaryl/α,β-unsaturated/α-hetero) is 1. The third kappa shape index (κ3) is 4.03. The van der Waals surface area contributed by atoms with Crippen LogP contribution in [0.4, 0.5) is 5.69 Å². The molecule has 4 heteroatoms. The van der Waals surface area contributed by atoms with Gasteiger partial charge in [0.1, 0.15) is 0 Å². The number of anilines is 1. The first-order valence-electron chi connectivity index (χ1n) is 8.44. The smallest absolute Gasteiger partial charge is 0.255 e. The van der Waals surface area contributed by atoms with Crippen LogP contribution in [-0.2, 0) is 6.42 Å². The maximum Gasteiger partial charge on any atom is 0.255 e. The largest absolute Gasteiger partial charge is 0.320 e. The number of aromatic nitrogens is 1. The lowest BCUT2D eigenvalue weighted by Crippen LogP contribution is -2.16. The van der Waals surface area contributed by atoms with Gasteiger partial charge < -0.3 is 5.32 Å². The molecule has 0 saturated carbocycles. The van der Waals surface area contributed by atoms with Crippen molar-refractivity contribution in [3.05, 3.63) is 94.8 Å². The molecule has 0 bridgehead atoms. The molecule has 4 nitrogen and oxygen atoms in total. The van der Waals surface area contributed by atoms with Gasteiger partial charge in [0.05, 0.1) is 11.9 Å². The number of carbonyl (C=O) groups excluding carboxylic acids is 2. The standard InChI is InChI=1S/C22H20N2O2/c1-15-6-5-8-17(12-15)13-21(25)19-10-11-23-14-20(19)24-22(26)18-9-4-3-7-16(18)2/h3-12,14H,13H2,1-2H3,(H,24,26). The fraction of sp³-hybridized carbons (Fsp3) is 0.136. The first kappa shape index (κ1) is 17.5. The summed E-state index contributed by atoms with van der Waals surface area (Å²) in [5.41, 5.74) is 4.40. The molecule has 0 fully saturated rings. The summed E-state index contributed by atoms with van der Waals surface area (Å²) in [6.45, 7) is 3.87. The fourth-order valence-electron chi connectivity index (χ4n) is 2.86. The van der Waals surface area contributed by atoms with E-state index in [0.717, 1.165) is 16.7 Å². The van der Waals surface area contributed by atoms with Crippen LogP contribution >= 0.6 is 0 Å². The average molecular weight is 344 g/mol. The van der Waals surface area contributed by atoms with Crippen LogP contribution in [0.1, 0.15) is 37.4 Å². The van der Waals surface area contributed by atoms with Gasteiger partial charge in [-0.15, -0.1) is 0 Å². The van der Waals surface area contributed by atoms with E-state index in [4.69, 9.17) is 0 Å². The Balaban J connectivity index is 1.83. The van der Waals surface area contributed by atoms with Crippen LogP contribution in [0.15, 0.2) is 67.0 Å². The Hall–Kier alpha value is -3.27. The van der Waals surface area contributed by atoms with Gasteiger partial charge in [-0.3, -0.25) is 14.6 Å². The number of amides is 1. The quantitative estimate of drug-likeness (QED) is 0.699. The summed E-state index contributed by atoms with van der Waals surface area (Å²) in [6.07, 6.45) is 3.35. The van der Waals surface area contributed by atoms with Crippen LogP contribution in [0.2, 0.25) is 0 Å². The lowest BCUT2D eigenvalue weighted by molar-refractivity contribution is 0.0993. The van der Waals surface area contributed by atoms with Crippen molar-refractivity contribution >= 4 is 17.4 Å². The highest BCUT2D eigenvalue weighted by Gasteiger charge is 2.16. The predicted molar refractivity (Wildman–Crippen MR) is 103 cm³/mol. The molecule has 0 aliphatic rings. The second kappa shape index (κ2) is 7.74. The Labute approximate surface area is 152 Å². The molecule has 0 radical (unpaired) electrons. The van der Waals surface area contributed by atoms with Crippen LogP contribution in [0, 0.1) is 13.8 Å². The number of ketones is 1. The van der Waals surface area contributed by atoms with Crippen LogP contribution < -0.4 is 5.32 Å². The summed E-state index contributed by atoms with van der Waals surface area (Å²) in [4.78, 5) is 29.4. The van der Waals surface area contributed by atoms with Crippen molar-refractivity contribution in [1.29, 1.82) is 0 Å². The zero-order valence-corrected chi connectivity index (χ0v) is 14.8. The lowest BCUT2D eigenvalue weighted by Gasteiger charge is -2.11. The molecule has 26 heavy (non-hydrogen) atoms. The summed E-state index contributed by atoms with van der Waals surface area (Å²) in [7, 11) is 0. The molecule has 0 saturated heterocycles. The summed E-state index contributed by atoms with van der Waals surface area (Å²) in [5.74, 6) is -0.307. The van der Waals surface area contributed by atoms with E-state index in [9.17, 15) is 9.59 Å². The Morgan fingerprint density at radius 1 is 0.962 bits per heavy atom. The number of nitrogens with zero attached hydrogens (tertiary/aromatic N) is 1. The van der Waals surface area contributed by atoms with E-state index in [1.807, 2.05) is 56.3 Å². The molecule has 3 aromatic rings. The van der Waals surface area contributed by atoms with E-state index in [1.165, 1.54) is 6.20 Å². The van der Waals surface area contributed by atoms with Gasteiger partial charge in [-0.05, 0) is 37.1 Å². The van der Waals surface area contributed by atoms with Crippen LogP contribution in [0.25, 0.3) is 0 Å². The van der Waals surface area contributed by atoms with Gasteiger partial charge in [0.15, 0.2) is 5.78 Å². The minimum atomic E-state index is -0.249. The Morgan fingerprint density at radius 3 is 2.54 bits per heavy atom. The van der Waals surface area contributed by atoms with Crippen molar-refractivity contribution in [2.75, 3.05) is 5.32 Å². The number of rotatable bonds is 5. The van der Waals surface area contributed by atoms with Gasteiger partial charge in [-0.2, -0.15) is 0 Å². The summed E-state index contributed by atoms with van der Waals surface area (Å²) in [5, 5.41) is 2.82. The van der Waals surface area contributed by atoms with Crippen molar-refractivity contribution in [2.24, 2.45) is 0 Å². The summed E-state index contributed by atoms with van der Waals surface area (Å²) in [6, 6.07) is 16.8. The summed E-state index contributed by atoms with van der Waals surface area (Å²) >= 11 is 0. The molecule has 1 amide bonds. The zero-order valence-electron chi connectivity index (χ0n) is 14.8. The normalized spacial score (nSPS) is 10.4. The van der Waals surface area contributed by atoms with E-state index in [1.54, 1.807) is 18.3 Å². The zero-order chi connectivity index (χ0) is 18.5. The third-order valence-electron chi connectivity index (χ3n) is 4.21. The molecule has 0 aliphatic heterocycles. The minimum Gasteiger partial charge on any atom is -0.320 e. The molecule has 3 rings (SSSR count). The van der Waals surface area contributed by atoms with Crippen LogP contribution in [0.5, 0.6) is 0 Å². The highest BCUT2D eigenvalue weighted by Crippen LogP contribution is 2.19. The molecule has 1 aromatic heterocycles. The average Bonchev–Trinajstić information content (AvgIpc) is 2.62. The van der Waals surface area contributed by atoms with Crippen molar-refractivity contribution in [3.63, 3.8) is 0 Å². The molecule has 130 valence electrons. The number of pyridine rings is 1. The molecule has 0 unspecified atom stereocenters. The number of hydrogen-bond acceptors (Lipinski definition) is 3. The van der Waals surface area contributed by atoms with Crippen molar-refractivity contribution in [1.82, 2.24) is 4.98 Å². The summed E-state index contributed by atoms with van der Waals surface area (Å²) < 4.78 is 0. The molecule has 1 heterocycles. The molecule has 2 aromatic carbocycles. The number of aryl methyl sites for hydroxylation is 2. The Morgan fingerprint density at radius 2 is 1.77 bits per heavy atom. The number of hydrogen-bond donors (Lipinski definition) is 1. The first-order chi connectivity index (χ1) is 12.5. The molecule has 0 aliphatic carbocycles. The molecule has 0 spiro atoms. The van der Waals surface area contributed by atoms with E-state index in [0.29, 0.717) is 16.8 Å². The van der Waals surface area contributed by atoms with Gasteiger partial charge in [0.25, 0.3) is 5.91 Å². The lowest BCUT2D eigenvalue weighted by atomic mass is 10.0. The molecule has 0 atom stereocenters. The van der Waals surface area contributed by atoms with Crippen LogP contribution in [0.3, 0.4) is 0 Å². The maximum atomic E-state index is 12.8. The maximum absolute atomic E-state index is 12.8. The van der Waals surface area contributed by atoms with E-state index >= 15 is 0 Å². The number of carbonyl (C=O) groups is 2. The highest BCUT2D eigenvalue weighted by molar-refractivity contribution is 6.10. The van der Waals surface area contributed by atoms with Crippen molar-refractivity contribution in [3.8, 4) is 0 Å². The highest BCUT2D eigenvalue weighted by atomic mass is 16.1. The first-order valence-corrected chi connectivity index (χ1v) is 8.44.